The van der Waals surface area contributed by atoms with E-state index in [-0.39, 0.29) is 11.3 Å². The molecule has 0 aromatic heterocycles. The second-order valence-electron chi connectivity index (χ2n) is 12.1. The number of hydrogen-bond acceptors (Lipinski definition) is 3. The topological polar surface area (TPSA) is 69.3 Å². The van der Waals surface area contributed by atoms with Gasteiger partial charge < -0.3 is 15.5 Å². The van der Waals surface area contributed by atoms with Gasteiger partial charge in [0.25, 0.3) is 0 Å². The summed E-state index contributed by atoms with van der Waals surface area (Å²) in [7, 11) is 0. The fourth-order valence-electron chi connectivity index (χ4n) is 5.88. The van der Waals surface area contributed by atoms with Crippen molar-refractivity contribution in [3.63, 3.8) is 0 Å². The Kier molecular flexibility index (Phi) is 9.02. The molecule has 2 fully saturated rings. The Balaban J connectivity index is 1.54. The summed E-state index contributed by atoms with van der Waals surface area (Å²) < 4.78 is 0. The molecule has 3 N–H and O–H groups in total. The SMILES string of the molecule is CC1=C[C@@H](CNC(=O)C(C)(C)C)[C@H](C(C)C)C[C@H]1CC(=O)N1CCN(C2CCCC[NH2+]2)CC1. The molecular formula is C27H49N4O2+. The van der Waals surface area contributed by atoms with Crippen LogP contribution in [0.4, 0.5) is 0 Å². The van der Waals surface area contributed by atoms with Crippen molar-refractivity contribution in [2.45, 2.75) is 79.8 Å². The number of nitrogens with one attached hydrogen (secondary N) is 1. The third-order valence-corrected chi connectivity index (χ3v) is 8.21. The van der Waals surface area contributed by atoms with Crippen LogP contribution in [0.1, 0.15) is 73.6 Å². The molecule has 0 aromatic rings. The fraction of sp³-hybridized carbons (Fsp3) is 0.852. The molecule has 4 atom stereocenters. The first-order valence-corrected chi connectivity index (χ1v) is 13.4. The molecule has 3 aliphatic rings. The van der Waals surface area contributed by atoms with Gasteiger partial charge in [-0.3, -0.25) is 14.5 Å². The van der Waals surface area contributed by atoms with Crippen molar-refractivity contribution in [3.05, 3.63) is 11.6 Å². The van der Waals surface area contributed by atoms with Crippen molar-refractivity contribution in [2.75, 3.05) is 39.3 Å². The summed E-state index contributed by atoms with van der Waals surface area (Å²) >= 11 is 0. The van der Waals surface area contributed by atoms with Crippen molar-refractivity contribution in [2.24, 2.45) is 29.1 Å². The lowest BCUT2D eigenvalue weighted by Gasteiger charge is -2.40. The number of carbonyl (C=O) groups is 2. The van der Waals surface area contributed by atoms with Gasteiger partial charge in [-0.15, -0.1) is 0 Å². The van der Waals surface area contributed by atoms with Gasteiger partial charge in [-0.25, -0.2) is 0 Å². The average molecular weight is 462 g/mol. The molecule has 3 rings (SSSR count). The van der Waals surface area contributed by atoms with Crippen molar-refractivity contribution in [3.8, 4) is 0 Å². The van der Waals surface area contributed by atoms with Gasteiger partial charge in [0.2, 0.25) is 11.8 Å². The molecule has 2 heterocycles. The van der Waals surface area contributed by atoms with E-state index in [4.69, 9.17) is 0 Å². The normalized spacial score (nSPS) is 29.7. The quantitative estimate of drug-likeness (QED) is 0.598. The fourth-order valence-corrected chi connectivity index (χ4v) is 5.88. The zero-order chi connectivity index (χ0) is 24.2. The number of rotatable bonds is 6. The van der Waals surface area contributed by atoms with E-state index in [0.29, 0.717) is 48.7 Å². The summed E-state index contributed by atoms with van der Waals surface area (Å²) in [6.45, 7) is 18.3. The number of nitrogens with two attached hydrogens (primary N) is 1. The van der Waals surface area contributed by atoms with E-state index >= 15 is 0 Å². The van der Waals surface area contributed by atoms with Crippen molar-refractivity contribution in [1.29, 1.82) is 0 Å². The smallest absolute Gasteiger partial charge is 0.225 e. The number of allylic oxidation sites excluding steroid dienone is 1. The molecular weight excluding hydrogens is 412 g/mol. The zero-order valence-electron chi connectivity index (χ0n) is 22.0. The highest BCUT2D eigenvalue weighted by atomic mass is 16.2. The summed E-state index contributed by atoms with van der Waals surface area (Å²) in [4.78, 5) is 30.3. The van der Waals surface area contributed by atoms with Gasteiger partial charge in [0.1, 0.15) is 6.17 Å². The van der Waals surface area contributed by atoms with Gasteiger partial charge in [0.15, 0.2) is 0 Å². The third-order valence-electron chi connectivity index (χ3n) is 8.21. The molecule has 33 heavy (non-hydrogen) atoms. The van der Waals surface area contributed by atoms with Crippen molar-refractivity contribution < 1.29 is 14.9 Å². The predicted molar refractivity (Wildman–Crippen MR) is 133 cm³/mol. The summed E-state index contributed by atoms with van der Waals surface area (Å²) in [5.74, 6) is 2.12. The lowest BCUT2D eigenvalue weighted by atomic mass is 9.69. The van der Waals surface area contributed by atoms with Crippen LogP contribution in [-0.4, -0.2) is 67.0 Å². The third kappa shape index (κ3) is 7.05. The van der Waals surface area contributed by atoms with Crippen LogP contribution in [-0.2, 0) is 9.59 Å². The Bertz CT molecular complexity index is 697. The van der Waals surface area contributed by atoms with Crippen molar-refractivity contribution >= 4 is 11.8 Å². The number of piperidine rings is 1. The summed E-state index contributed by atoms with van der Waals surface area (Å²) in [5.41, 5.74) is 0.958. The van der Waals surface area contributed by atoms with Crippen molar-refractivity contribution in [1.82, 2.24) is 15.1 Å². The highest BCUT2D eigenvalue weighted by molar-refractivity contribution is 5.81. The van der Waals surface area contributed by atoms with E-state index in [0.717, 1.165) is 32.6 Å². The van der Waals surface area contributed by atoms with Crippen LogP contribution in [0.25, 0.3) is 0 Å². The molecule has 0 bridgehead atoms. The summed E-state index contributed by atoms with van der Waals surface area (Å²) in [6, 6.07) is 0. The summed E-state index contributed by atoms with van der Waals surface area (Å²) in [6.07, 6.45) is 8.61. The van der Waals surface area contributed by atoms with E-state index in [1.165, 1.54) is 31.4 Å². The number of carbonyl (C=O) groups excluding carboxylic acids is 2. The van der Waals surface area contributed by atoms with Gasteiger partial charge in [0.05, 0.1) is 6.54 Å². The Hall–Kier alpha value is -1.40. The van der Waals surface area contributed by atoms with Crippen LogP contribution in [0.3, 0.4) is 0 Å². The maximum absolute atomic E-state index is 13.2. The Morgan fingerprint density at radius 3 is 2.42 bits per heavy atom. The molecule has 1 aliphatic carbocycles. The number of amides is 2. The van der Waals surface area contributed by atoms with Crippen LogP contribution < -0.4 is 10.6 Å². The minimum absolute atomic E-state index is 0.110. The van der Waals surface area contributed by atoms with E-state index in [9.17, 15) is 9.59 Å². The second-order valence-corrected chi connectivity index (χ2v) is 12.1. The maximum Gasteiger partial charge on any atom is 0.225 e. The van der Waals surface area contributed by atoms with Crippen LogP contribution in [0.5, 0.6) is 0 Å². The Labute approximate surface area is 201 Å². The minimum Gasteiger partial charge on any atom is -0.355 e. The van der Waals surface area contributed by atoms with Crippen LogP contribution in [0.15, 0.2) is 11.6 Å². The number of nitrogens with zero attached hydrogens (tertiary/aromatic N) is 2. The van der Waals surface area contributed by atoms with Crippen LogP contribution in [0.2, 0.25) is 0 Å². The highest BCUT2D eigenvalue weighted by Crippen LogP contribution is 2.39. The molecule has 6 heteroatoms. The van der Waals surface area contributed by atoms with Gasteiger partial charge in [-0.1, -0.05) is 46.3 Å². The second kappa shape index (κ2) is 11.4. The lowest BCUT2D eigenvalue weighted by Crippen LogP contribution is -2.95. The molecule has 2 amide bonds. The standard InChI is InChI=1S/C27H48N4O2/c1-19(2)23-16-21(20(3)15-22(23)18-29-26(33)27(4,5)6)17-25(32)31-13-11-30(12-14-31)24-9-7-8-10-28-24/h15,19,21-24,28H,7-14,16-18H2,1-6H3,(H,29,33)/p+1/t21-,22-,23-,24?/m0/s1. The maximum atomic E-state index is 13.2. The van der Waals surface area contributed by atoms with E-state index in [1.807, 2.05) is 20.8 Å². The zero-order valence-corrected chi connectivity index (χ0v) is 22.0. The van der Waals surface area contributed by atoms with Gasteiger partial charge in [-0.05, 0) is 49.9 Å². The van der Waals surface area contributed by atoms with E-state index in [1.54, 1.807) is 0 Å². The summed E-state index contributed by atoms with van der Waals surface area (Å²) in [5, 5.41) is 5.66. The van der Waals surface area contributed by atoms with Crippen LogP contribution in [0, 0.1) is 29.1 Å². The molecule has 1 unspecified atom stereocenters. The first-order valence-electron chi connectivity index (χ1n) is 13.4. The van der Waals surface area contributed by atoms with Gasteiger partial charge in [0, 0.05) is 51.0 Å². The number of quaternary nitrogens is 1. The number of piperazine rings is 1. The minimum atomic E-state index is -0.366. The molecule has 2 saturated heterocycles. The Morgan fingerprint density at radius 2 is 1.85 bits per heavy atom. The molecule has 2 aliphatic heterocycles. The first kappa shape index (κ1) is 26.2. The molecule has 0 saturated carbocycles. The molecule has 6 nitrogen and oxygen atoms in total. The monoisotopic (exact) mass is 461 g/mol. The largest absolute Gasteiger partial charge is 0.355 e. The van der Waals surface area contributed by atoms with Gasteiger partial charge >= 0.3 is 0 Å². The molecule has 0 aromatic carbocycles. The Morgan fingerprint density at radius 1 is 1.15 bits per heavy atom. The molecule has 0 radical (unpaired) electrons. The number of hydrogen-bond donors (Lipinski definition) is 2. The average Bonchev–Trinajstić information content (AvgIpc) is 2.78. The molecule has 0 spiro atoms. The van der Waals surface area contributed by atoms with E-state index in [2.05, 4.69) is 47.3 Å². The highest BCUT2D eigenvalue weighted by Gasteiger charge is 2.35. The first-order chi connectivity index (χ1) is 15.6. The predicted octanol–water partition coefficient (Wildman–Crippen LogP) is 2.61. The molecule has 188 valence electrons. The van der Waals surface area contributed by atoms with E-state index < -0.39 is 0 Å². The van der Waals surface area contributed by atoms with Gasteiger partial charge in [-0.2, -0.15) is 0 Å². The lowest BCUT2D eigenvalue weighted by molar-refractivity contribution is -0.717. The van der Waals surface area contributed by atoms with Crippen LogP contribution >= 0.6 is 0 Å².